The van der Waals surface area contributed by atoms with E-state index < -0.39 is 5.82 Å². The number of nitrogens with one attached hydrogen (secondary N) is 3. The predicted octanol–water partition coefficient (Wildman–Crippen LogP) is 6.96. The van der Waals surface area contributed by atoms with Crippen molar-refractivity contribution in [3.05, 3.63) is 53.6 Å². The van der Waals surface area contributed by atoms with Crippen LogP contribution in [-0.2, 0) is 0 Å². The Morgan fingerprint density at radius 1 is 1.06 bits per heavy atom. The zero-order chi connectivity index (χ0) is 25.4. The van der Waals surface area contributed by atoms with Crippen LogP contribution in [0.5, 0.6) is 11.8 Å². The number of anilines is 3. The smallest absolute Gasteiger partial charge is 0.326 e. The quantitative estimate of drug-likeness (QED) is 0.277. The Morgan fingerprint density at radius 2 is 1.83 bits per heavy atom. The van der Waals surface area contributed by atoms with Crippen molar-refractivity contribution in [1.29, 1.82) is 0 Å². The third kappa shape index (κ3) is 5.98. The van der Waals surface area contributed by atoms with E-state index in [0.717, 1.165) is 42.2 Å². The predicted molar refractivity (Wildman–Crippen MR) is 141 cm³/mol. The van der Waals surface area contributed by atoms with Gasteiger partial charge in [-0.05, 0) is 44.5 Å². The maximum Gasteiger partial charge on any atom is 0.326 e. The van der Waals surface area contributed by atoms with Crippen molar-refractivity contribution in [3.63, 3.8) is 0 Å². The summed E-state index contributed by atoms with van der Waals surface area (Å²) in [6.45, 7) is 13.6. The molecule has 9 heteroatoms. The third-order valence-electron chi connectivity index (χ3n) is 5.11. The van der Waals surface area contributed by atoms with Gasteiger partial charge < -0.3 is 19.9 Å². The van der Waals surface area contributed by atoms with Gasteiger partial charge in [-0.3, -0.25) is 5.10 Å². The number of rotatable bonds is 6. The number of allylic oxidation sites excluding steroid dienone is 1. The molecule has 0 radical (unpaired) electrons. The van der Waals surface area contributed by atoms with Crippen LogP contribution in [-0.4, -0.2) is 38.2 Å². The molecule has 4 heterocycles. The number of benzene rings is 1. The highest BCUT2D eigenvalue weighted by molar-refractivity contribution is 5.82. The molecule has 35 heavy (non-hydrogen) atoms. The van der Waals surface area contributed by atoms with E-state index in [9.17, 15) is 4.39 Å². The molecule has 186 valence electrons. The minimum absolute atomic E-state index is 0.0709. The average Bonchev–Trinajstić information content (AvgIpc) is 3.43. The summed E-state index contributed by atoms with van der Waals surface area (Å²) in [6.07, 6.45) is 4.94. The van der Waals surface area contributed by atoms with Crippen molar-refractivity contribution in [2.24, 2.45) is 0 Å². The first-order valence-electron chi connectivity index (χ1n) is 12.1. The Kier molecular flexibility index (Phi) is 8.83. The number of halogens is 1. The molecule has 1 aliphatic rings. The van der Waals surface area contributed by atoms with E-state index in [1.807, 2.05) is 65.8 Å². The highest BCUT2D eigenvalue weighted by Gasteiger charge is 2.20. The van der Waals surface area contributed by atoms with Crippen LogP contribution in [0.2, 0.25) is 0 Å². The Hall–Kier alpha value is -3.88. The topological polar surface area (TPSA) is 94.8 Å². The lowest BCUT2D eigenvalue weighted by atomic mass is 10.2. The van der Waals surface area contributed by atoms with Crippen LogP contribution in [0.4, 0.5) is 21.8 Å². The molecular weight excluding hydrogens is 445 g/mol. The van der Waals surface area contributed by atoms with Gasteiger partial charge in [0.1, 0.15) is 11.6 Å². The molecule has 0 spiro atoms. The molecule has 0 bridgehead atoms. The average molecular weight is 480 g/mol. The molecule has 3 N–H and O–H groups in total. The van der Waals surface area contributed by atoms with Gasteiger partial charge >= 0.3 is 6.01 Å². The summed E-state index contributed by atoms with van der Waals surface area (Å²) in [5.74, 6) is 1.49. The third-order valence-corrected chi connectivity index (χ3v) is 5.11. The van der Waals surface area contributed by atoms with Gasteiger partial charge in [0.15, 0.2) is 17.4 Å². The van der Waals surface area contributed by atoms with Crippen molar-refractivity contribution in [1.82, 2.24) is 25.1 Å². The Labute approximate surface area is 205 Å². The van der Waals surface area contributed by atoms with Gasteiger partial charge in [-0.25, -0.2) is 4.39 Å². The summed E-state index contributed by atoms with van der Waals surface area (Å²) < 4.78 is 20.8. The van der Waals surface area contributed by atoms with Crippen LogP contribution in [0.3, 0.4) is 0 Å². The summed E-state index contributed by atoms with van der Waals surface area (Å²) in [7, 11) is 0. The SMILES string of the molecule is C/C=C/c1cc(Nc2cc(N3CCC3)nc(Oc3ccc4[nH]c(C)cc4c3F)n2)n[nH]1.CC.CC. The molecule has 1 saturated heterocycles. The summed E-state index contributed by atoms with van der Waals surface area (Å²) in [6, 6.07) is 8.89. The first-order chi connectivity index (χ1) is 17.1. The normalized spacial score (nSPS) is 12.5. The Balaban J connectivity index is 0.000000815. The minimum atomic E-state index is -0.447. The van der Waals surface area contributed by atoms with Crippen LogP contribution >= 0.6 is 0 Å². The van der Waals surface area contributed by atoms with Gasteiger partial charge in [0, 0.05) is 41.8 Å². The fourth-order valence-corrected chi connectivity index (χ4v) is 3.49. The van der Waals surface area contributed by atoms with Crippen LogP contribution in [0.1, 0.15) is 52.4 Å². The second kappa shape index (κ2) is 12.0. The number of hydrogen-bond donors (Lipinski definition) is 3. The van der Waals surface area contributed by atoms with Gasteiger partial charge in [-0.2, -0.15) is 15.1 Å². The van der Waals surface area contributed by atoms with E-state index in [4.69, 9.17) is 4.74 Å². The van der Waals surface area contributed by atoms with Crippen molar-refractivity contribution >= 4 is 34.4 Å². The van der Waals surface area contributed by atoms with E-state index >= 15 is 0 Å². The standard InChI is InChI=1S/C22H22FN7O.2C2H6/c1-3-5-14-11-19(29-28-14)25-18-12-20(30-8-4-9-30)27-22(26-18)31-17-7-6-16-15(21(17)23)10-13(2)24-16;2*1-2/h3,5-7,10-12,24H,4,8-9H2,1-2H3,(H2,25,26,27,28,29);2*1-2H3/b5-3+;;. The second-order valence-electron chi connectivity index (χ2n) is 7.46. The van der Waals surface area contributed by atoms with E-state index in [1.165, 1.54) is 0 Å². The maximum absolute atomic E-state index is 15.0. The highest BCUT2D eigenvalue weighted by Crippen LogP contribution is 2.31. The molecule has 1 aromatic carbocycles. The summed E-state index contributed by atoms with van der Waals surface area (Å²) in [5.41, 5.74) is 2.47. The summed E-state index contributed by atoms with van der Waals surface area (Å²) >= 11 is 0. The number of H-pyrrole nitrogens is 2. The number of hydrogen-bond acceptors (Lipinski definition) is 6. The van der Waals surface area contributed by atoms with Gasteiger partial charge in [-0.15, -0.1) is 0 Å². The lowest BCUT2D eigenvalue weighted by Gasteiger charge is -2.32. The van der Waals surface area contributed by atoms with Gasteiger partial charge in [0.05, 0.1) is 5.69 Å². The largest absolute Gasteiger partial charge is 0.421 e. The zero-order valence-corrected chi connectivity index (χ0v) is 21.2. The molecular formula is C26H34FN7O. The molecule has 0 aliphatic carbocycles. The number of aryl methyl sites for hydroxylation is 1. The number of fused-ring (bicyclic) bond motifs is 1. The summed E-state index contributed by atoms with van der Waals surface area (Å²) in [5, 5.41) is 10.8. The maximum atomic E-state index is 15.0. The Bertz CT molecular complexity index is 1270. The fourth-order valence-electron chi connectivity index (χ4n) is 3.49. The van der Waals surface area contributed by atoms with Crippen molar-refractivity contribution in [2.75, 3.05) is 23.3 Å². The first kappa shape index (κ1) is 25.7. The zero-order valence-electron chi connectivity index (χ0n) is 21.2. The molecule has 8 nitrogen and oxygen atoms in total. The van der Waals surface area contributed by atoms with E-state index in [-0.39, 0.29) is 11.8 Å². The monoisotopic (exact) mass is 479 g/mol. The second-order valence-corrected chi connectivity index (χ2v) is 7.46. The molecule has 0 atom stereocenters. The van der Waals surface area contributed by atoms with Crippen LogP contribution in [0.25, 0.3) is 17.0 Å². The van der Waals surface area contributed by atoms with Gasteiger partial charge in [-0.1, -0.05) is 33.8 Å². The molecule has 1 fully saturated rings. The molecule has 4 aromatic rings. The molecule has 3 aromatic heterocycles. The number of ether oxygens (including phenoxy) is 1. The minimum Gasteiger partial charge on any atom is -0.421 e. The number of nitrogens with zero attached hydrogens (tertiary/aromatic N) is 4. The van der Waals surface area contributed by atoms with Crippen molar-refractivity contribution in [3.8, 4) is 11.8 Å². The summed E-state index contributed by atoms with van der Waals surface area (Å²) in [4.78, 5) is 14.2. The lowest BCUT2D eigenvalue weighted by molar-refractivity contribution is 0.413. The van der Waals surface area contributed by atoms with Crippen LogP contribution < -0.4 is 15.0 Å². The van der Waals surface area contributed by atoms with Crippen molar-refractivity contribution < 1.29 is 9.13 Å². The molecule has 5 rings (SSSR count). The fraction of sp³-hybridized carbons (Fsp3) is 0.346. The van der Waals surface area contributed by atoms with E-state index in [0.29, 0.717) is 17.0 Å². The van der Waals surface area contributed by atoms with Gasteiger partial charge in [0.2, 0.25) is 0 Å². The lowest BCUT2D eigenvalue weighted by Crippen LogP contribution is -2.37. The number of aromatic amines is 2. The van der Waals surface area contributed by atoms with Gasteiger partial charge in [0.25, 0.3) is 0 Å². The molecule has 1 aliphatic heterocycles. The Morgan fingerprint density at radius 3 is 2.51 bits per heavy atom. The molecule has 0 saturated carbocycles. The first-order valence-corrected chi connectivity index (χ1v) is 12.1. The van der Waals surface area contributed by atoms with E-state index in [2.05, 4.69) is 35.4 Å². The van der Waals surface area contributed by atoms with Crippen LogP contribution in [0, 0.1) is 12.7 Å². The van der Waals surface area contributed by atoms with E-state index in [1.54, 1.807) is 18.2 Å². The highest BCUT2D eigenvalue weighted by atomic mass is 19.1. The molecule has 0 amide bonds. The molecule has 0 unspecified atom stereocenters. The van der Waals surface area contributed by atoms with Crippen molar-refractivity contribution in [2.45, 2.75) is 48.0 Å². The van der Waals surface area contributed by atoms with Crippen LogP contribution in [0.15, 0.2) is 36.4 Å². The number of aromatic nitrogens is 5.